The Morgan fingerprint density at radius 3 is 1.22 bits per heavy atom. The van der Waals surface area contributed by atoms with Crippen LogP contribution in [0.25, 0.3) is 0 Å². The average Bonchev–Trinajstić information content (AvgIpc) is 3.04. The number of sulfonamides is 2. The van der Waals surface area contributed by atoms with Crippen LogP contribution in [0.5, 0.6) is 0 Å². The fourth-order valence-corrected chi connectivity index (χ4v) is 5.67. The van der Waals surface area contributed by atoms with E-state index in [-0.39, 0.29) is 0 Å². The van der Waals surface area contributed by atoms with Gasteiger partial charge in [0.05, 0.1) is 11.1 Å². The molecule has 0 aromatic rings. The van der Waals surface area contributed by atoms with E-state index in [0.29, 0.717) is 0 Å². The summed E-state index contributed by atoms with van der Waals surface area (Å²) in [5.74, 6) is -6.98. The van der Waals surface area contributed by atoms with Gasteiger partial charge in [-0.3, -0.25) is 19.2 Å². The molecule has 0 saturated heterocycles. The summed E-state index contributed by atoms with van der Waals surface area (Å²) in [6.45, 7) is 13.3. The highest BCUT2D eigenvalue weighted by Crippen LogP contribution is 2.33. The molecule has 2 aliphatic heterocycles. The summed E-state index contributed by atoms with van der Waals surface area (Å²) in [5.41, 5.74) is -1.01. The number of rotatable bonds is 6. The van der Waals surface area contributed by atoms with E-state index < -0.39 is 73.2 Å². The molecule has 4 amide bonds. The van der Waals surface area contributed by atoms with Gasteiger partial charge >= 0.3 is 11.8 Å². The van der Waals surface area contributed by atoms with Crippen molar-refractivity contribution in [2.75, 3.05) is 0 Å². The predicted molar refractivity (Wildman–Crippen MR) is 115 cm³/mol. The Morgan fingerprint density at radius 2 is 0.969 bits per heavy atom. The maximum Gasteiger partial charge on any atom is 0.334 e. The number of hydrogen-bond donors (Lipinski definition) is 0. The summed E-state index contributed by atoms with van der Waals surface area (Å²) in [6.07, 6.45) is 8.45. The van der Waals surface area contributed by atoms with Crippen LogP contribution in [-0.2, 0) is 39.2 Å². The Hall–Kier alpha value is -3.90. The SMILES string of the molecule is C=C/C=C\C1=C(C=C)S(=O)(=O)N(C(=O)C(=O)N2C(=O)C(/C=C\C=C)=C(C=C)S2(=O)=O)C1=O. The van der Waals surface area contributed by atoms with Gasteiger partial charge in [-0.15, -0.1) is 0 Å². The molecule has 0 aliphatic carbocycles. The molecule has 0 radical (unpaired) electrons. The zero-order valence-corrected chi connectivity index (χ0v) is 18.1. The summed E-state index contributed by atoms with van der Waals surface area (Å²) in [4.78, 5) is 49.3. The largest absolute Gasteiger partial charge is 0.334 e. The van der Waals surface area contributed by atoms with Crippen molar-refractivity contribution in [1.29, 1.82) is 0 Å². The fraction of sp³-hybridized carbons (Fsp3) is 0. The van der Waals surface area contributed by atoms with Crippen LogP contribution in [0.4, 0.5) is 0 Å². The molecule has 0 spiro atoms. The van der Waals surface area contributed by atoms with Crippen molar-refractivity contribution in [2.24, 2.45) is 0 Å². The van der Waals surface area contributed by atoms with Gasteiger partial charge in [-0.05, 0) is 24.3 Å². The number of imide groups is 2. The molecule has 2 rings (SSSR count). The van der Waals surface area contributed by atoms with Crippen molar-refractivity contribution in [1.82, 2.24) is 8.61 Å². The van der Waals surface area contributed by atoms with Gasteiger partial charge in [-0.25, -0.2) is 16.8 Å². The zero-order valence-electron chi connectivity index (χ0n) is 16.4. The first kappa shape index (κ1) is 24.4. The highest BCUT2D eigenvalue weighted by Gasteiger charge is 2.53. The lowest BCUT2D eigenvalue weighted by atomic mass is 10.2. The van der Waals surface area contributed by atoms with Crippen LogP contribution >= 0.6 is 0 Å². The maximum atomic E-state index is 12.7. The molecule has 0 aromatic heterocycles. The molecule has 2 aliphatic rings. The maximum absolute atomic E-state index is 12.7. The molecule has 0 fully saturated rings. The zero-order chi connectivity index (χ0) is 24.4. The molecule has 0 saturated carbocycles. The normalized spacial score (nSPS) is 19.9. The third-order valence-corrected chi connectivity index (χ3v) is 7.63. The Labute approximate surface area is 184 Å². The summed E-state index contributed by atoms with van der Waals surface area (Å²) in [6, 6.07) is 0. The van der Waals surface area contributed by atoms with E-state index in [1.54, 1.807) is 0 Å². The number of hydrogen-bond acceptors (Lipinski definition) is 8. The molecular weight excluding hydrogens is 460 g/mol. The summed E-state index contributed by atoms with van der Waals surface area (Å²) < 4.78 is 49.9. The van der Waals surface area contributed by atoms with E-state index in [2.05, 4.69) is 26.3 Å². The van der Waals surface area contributed by atoms with E-state index in [1.807, 2.05) is 0 Å². The van der Waals surface area contributed by atoms with Crippen LogP contribution in [0, 0.1) is 0 Å². The Bertz CT molecular complexity index is 1240. The number of nitrogens with zero attached hydrogens (tertiary/aromatic N) is 2. The van der Waals surface area contributed by atoms with Gasteiger partial charge in [0, 0.05) is 0 Å². The van der Waals surface area contributed by atoms with Gasteiger partial charge in [0.15, 0.2) is 0 Å². The topological polar surface area (TPSA) is 143 Å². The molecule has 0 N–H and O–H groups in total. The van der Waals surface area contributed by atoms with E-state index in [0.717, 1.165) is 24.3 Å². The molecule has 0 aromatic carbocycles. The van der Waals surface area contributed by atoms with Crippen molar-refractivity contribution in [3.63, 3.8) is 0 Å². The van der Waals surface area contributed by atoms with Crippen molar-refractivity contribution >= 4 is 43.7 Å². The Morgan fingerprint density at radius 1 is 0.656 bits per heavy atom. The first-order chi connectivity index (χ1) is 14.9. The first-order valence-electron chi connectivity index (χ1n) is 8.52. The monoisotopic (exact) mass is 476 g/mol. The second-order valence-electron chi connectivity index (χ2n) is 5.91. The number of carbonyl (C=O) groups excluding carboxylic acids is 4. The Balaban J connectivity index is 2.58. The average molecular weight is 476 g/mol. The third kappa shape index (κ3) is 3.55. The second-order valence-corrected chi connectivity index (χ2v) is 9.42. The predicted octanol–water partition coefficient (Wildman–Crippen LogP) is 0.748. The minimum Gasteiger partial charge on any atom is -0.267 e. The minimum atomic E-state index is -4.89. The van der Waals surface area contributed by atoms with Crippen molar-refractivity contribution < 1.29 is 36.0 Å². The summed E-state index contributed by atoms with van der Waals surface area (Å²) >= 11 is 0. The summed E-state index contributed by atoms with van der Waals surface area (Å²) in [7, 11) is -9.77. The molecule has 166 valence electrons. The molecule has 12 heteroatoms. The third-order valence-electron chi connectivity index (χ3n) is 4.12. The molecule has 10 nitrogen and oxygen atoms in total. The Kier molecular flexibility index (Phi) is 6.62. The number of amides is 4. The lowest BCUT2D eigenvalue weighted by molar-refractivity contribution is -0.151. The van der Waals surface area contributed by atoms with E-state index in [9.17, 15) is 36.0 Å². The second kappa shape index (κ2) is 8.69. The molecule has 2 heterocycles. The van der Waals surface area contributed by atoms with Gasteiger partial charge in [0.1, 0.15) is 9.81 Å². The van der Waals surface area contributed by atoms with Crippen LogP contribution in [0.1, 0.15) is 0 Å². The summed E-state index contributed by atoms with van der Waals surface area (Å²) in [5, 5.41) is 0. The van der Waals surface area contributed by atoms with Crippen molar-refractivity contribution in [2.45, 2.75) is 0 Å². The smallest absolute Gasteiger partial charge is 0.267 e. The van der Waals surface area contributed by atoms with Crippen LogP contribution in [0.3, 0.4) is 0 Å². The molecule has 0 atom stereocenters. The first-order valence-corrected chi connectivity index (χ1v) is 11.4. The van der Waals surface area contributed by atoms with Crippen molar-refractivity contribution in [3.8, 4) is 0 Å². The van der Waals surface area contributed by atoms with Crippen LogP contribution in [0.2, 0.25) is 0 Å². The quantitative estimate of drug-likeness (QED) is 0.404. The highest BCUT2D eigenvalue weighted by molar-refractivity contribution is 7.95. The van der Waals surface area contributed by atoms with Crippen molar-refractivity contribution in [3.05, 3.63) is 95.9 Å². The van der Waals surface area contributed by atoms with Gasteiger partial charge < -0.3 is 0 Å². The van der Waals surface area contributed by atoms with Gasteiger partial charge in [-0.2, -0.15) is 8.61 Å². The molecule has 32 heavy (non-hydrogen) atoms. The van der Waals surface area contributed by atoms with Crippen LogP contribution in [-0.4, -0.2) is 49.1 Å². The lowest BCUT2D eigenvalue weighted by Gasteiger charge is -2.17. The lowest BCUT2D eigenvalue weighted by Crippen LogP contribution is -2.50. The standard InChI is InChI=1S/C20H16N2O8S2/c1-5-9-11-13-15(7-3)31(27,28)21(17(13)23)19(25)20(26)22-18(24)14(12-10-6-2)16(8-4)32(22,29)30/h5-12H,1-4H2/b11-9-,12-10-. The minimum absolute atomic E-state index is 0.414. The van der Waals surface area contributed by atoms with E-state index in [4.69, 9.17) is 0 Å². The van der Waals surface area contributed by atoms with Gasteiger partial charge in [0.2, 0.25) is 0 Å². The van der Waals surface area contributed by atoms with Crippen LogP contribution < -0.4 is 0 Å². The van der Waals surface area contributed by atoms with E-state index in [1.165, 1.54) is 24.3 Å². The fourth-order valence-electron chi connectivity index (χ4n) is 2.76. The van der Waals surface area contributed by atoms with Gasteiger partial charge in [0.25, 0.3) is 31.9 Å². The van der Waals surface area contributed by atoms with E-state index >= 15 is 0 Å². The molecular formula is C20H16N2O8S2. The highest BCUT2D eigenvalue weighted by atomic mass is 32.2. The molecule has 0 unspecified atom stereocenters. The van der Waals surface area contributed by atoms with Gasteiger partial charge in [-0.1, -0.05) is 50.6 Å². The van der Waals surface area contributed by atoms with Crippen LogP contribution in [0.15, 0.2) is 95.9 Å². The number of carbonyl (C=O) groups is 4. The number of allylic oxidation sites excluding steroid dienone is 6. The molecule has 0 bridgehead atoms.